The smallest absolute Gasteiger partial charge is 0.146 e. The van der Waals surface area contributed by atoms with Crippen LogP contribution >= 0.6 is 0 Å². The summed E-state index contributed by atoms with van der Waals surface area (Å²) in [5, 5.41) is 3.34. The molecule has 3 nitrogen and oxygen atoms in total. The van der Waals surface area contributed by atoms with Crippen LogP contribution < -0.4 is 10.1 Å². The fourth-order valence-corrected chi connectivity index (χ4v) is 1.88. The molecule has 0 saturated carbocycles. The summed E-state index contributed by atoms with van der Waals surface area (Å²) in [6.07, 6.45) is 1.66. The summed E-state index contributed by atoms with van der Waals surface area (Å²) in [4.78, 5) is 0. The maximum Gasteiger partial charge on any atom is 0.146 e. The maximum absolute atomic E-state index is 13.0. The Labute approximate surface area is 118 Å². The number of nitrogens with one attached hydrogen (secondary N) is 1. The zero-order valence-electron chi connectivity index (χ0n) is 12.1. The standard InChI is InChI=1S/C16H20FNO2/c1-11(2)18-9-13-6-7-19-16(13)10-20-15-5-4-14(17)8-12(15)3/h4-8,11,18H,9-10H2,1-3H3. The molecular formula is C16H20FNO2. The Morgan fingerprint density at radius 1 is 1.30 bits per heavy atom. The predicted molar refractivity (Wildman–Crippen MR) is 76.2 cm³/mol. The van der Waals surface area contributed by atoms with Crippen molar-refractivity contribution >= 4 is 0 Å². The first-order chi connectivity index (χ1) is 9.56. The van der Waals surface area contributed by atoms with E-state index < -0.39 is 0 Å². The number of halogens is 1. The molecule has 4 heteroatoms. The van der Waals surface area contributed by atoms with E-state index in [1.165, 1.54) is 12.1 Å². The molecular weight excluding hydrogens is 257 g/mol. The van der Waals surface area contributed by atoms with Crippen molar-refractivity contribution in [3.05, 3.63) is 53.2 Å². The molecule has 0 aliphatic rings. The highest BCUT2D eigenvalue weighted by molar-refractivity contribution is 5.32. The van der Waals surface area contributed by atoms with Crippen LogP contribution in [0.2, 0.25) is 0 Å². The second-order valence-electron chi connectivity index (χ2n) is 5.10. The second-order valence-corrected chi connectivity index (χ2v) is 5.10. The largest absolute Gasteiger partial charge is 0.485 e. The van der Waals surface area contributed by atoms with E-state index in [4.69, 9.17) is 9.15 Å². The van der Waals surface area contributed by atoms with E-state index in [0.29, 0.717) is 18.4 Å². The van der Waals surface area contributed by atoms with Crippen molar-refractivity contribution in [2.45, 2.75) is 40.0 Å². The number of furan rings is 1. The quantitative estimate of drug-likeness (QED) is 0.872. The molecule has 0 fully saturated rings. The average Bonchev–Trinajstić information content (AvgIpc) is 2.83. The Morgan fingerprint density at radius 3 is 2.80 bits per heavy atom. The van der Waals surface area contributed by atoms with E-state index in [-0.39, 0.29) is 5.82 Å². The first kappa shape index (κ1) is 14.6. The van der Waals surface area contributed by atoms with Gasteiger partial charge in [0.25, 0.3) is 0 Å². The Balaban J connectivity index is 1.98. The van der Waals surface area contributed by atoms with E-state index in [1.807, 2.05) is 13.0 Å². The van der Waals surface area contributed by atoms with Gasteiger partial charge in [-0.15, -0.1) is 0 Å². The third-order valence-corrected chi connectivity index (χ3v) is 3.03. The van der Waals surface area contributed by atoms with Gasteiger partial charge in [0.1, 0.15) is 23.9 Å². The Hall–Kier alpha value is -1.81. The first-order valence-electron chi connectivity index (χ1n) is 6.74. The van der Waals surface area contributed by atoms with Crippen LogP contribution in [0.4, 0.5) is 4.39 Å². The van der Waals surface area contributed by atoms with Crippen LogP contribution in [-0.2, 0) is 13.2 Å². The topological polar surface area (TPSA) is 34.4 Å². The van der Waals surface area contributed by atoms with Crippen LogP contribution in [0.15, 0.2) is 34.9 Å². The molecule has 0 bridgehead atoms. The van der Waals surface area contributed by atoms with Gasteiger partial charge in [0, 0.05) is 18.2 Å². The average molecular weight is 277 g/mol. The molecule has 0 atom stereocenters. The molecule has 0 saturated heterocycles. The van der Waals surface area contributed by atoms with Crippen LogP contribution in [0.25, 0.3) is 0 Å². The fraction of sp³-hybridized carbons (Fsp3) is 0.375. The second kappa shape index (κ2) is 6.57. The SMILES string of the molecule is Cc1cc(F)ccc1OCc1occc1CNC(C)C. The molecule has 108 valence electrons. The van der Waals surface area contributed by atoms with Crippen molar-refractivity contribution in [2.24, 2.45) is 0 Å². The molecule has 20 heavy (non-hydrogen) atoms. The van der Waals surface area contributed by atoms with Crippen molar-refractivity contribution in [3.8, 4) is 5.75 Å². The summed E-state index contributed by atoms with van der Waals surface area (Å²) in [5.41, 5.74) is 1.86. The van der Waals surface area contributed by atoms with E-state index in [9.17, 15) is 4.39 Å². The monoisotopic (exact) mass is 277 g/mol. The highest BCUT2D eigenvalue weighted by Gasteiger charge is 2.09. The summed E-state index contributed by atoms with van der Waals surface area (Å²) in [7, 11) is 0. The Bertz CT molecular complexity index is 563. The van der Waals surface area contributed by atoms with E-state index in [1.54, 1.807) is 12.3 Å². The van der Waals surface area contributed by atoms with Gasteiger partial charge >= 0.3 is 0 Å². The molecule has 0 aliphatic heterocycles. The zero-order valence-corrected chi connectivity index (χ0v) is 12.1. The van der Waals surface area contributed by atoms with E-state index >= 15 is 0 Å². The number of benzene rings is 1. The first-order valence-corrected chi connectivity index (χ1v) is 6.74. The van der Waals surface area contributed by atoms with Crippen LogP contribution in [-0.4, -0.2) is 6.04 Å². The lowest BCUT2D eigenvalue weighted by molar-refractivity contribution is 0.266. The van der Waals surface area contributed by atoms with Crippen molar-refractivity contribution in [2.75, 3.05) is 0 Å². The van der Waals surface area contributed by atoms with Crippen LogP contribution in [0.5, 0.6) is 5.75 Å². The van der Waals surface area contributed by atoms with Gasteiger partial charge in [-0.25, -0.2) is 4.39 Å². The molecule has 2 aromatic rings. The lowest BCUT2D eigenvalue weighted by Gasteiger charge is -2.10. The van der Waals surface area contributed by atoms with E-state index in [0.717, 1.165) is 23.4 Å². The predicted octanol–water partition coefficient (Wildman–Crippen LogP) is 3.80. The summed E-state index contributed by atoms with van der Waals surface area (Å²) >= 11 is 0. The molecule has 1 aromatic carbocycles. The zero-order chi connectivity index (χ0) is 14.5. The van der Waals surface area contributed by atoms with Crippen molar-refractivity contribution in [1.29, 1.82) is 0 Å². The number of aryl methyl sites for hydroxylation is 1. The molecule has 0 radical (unpaired) electrons. The molecule has 1 heterocycles. The molecule has 1 N–H and O–H groups in total. The van der Waals surface area contributed by atoms with Gasteiger partial charge < -0.3 is 14.5 Å². The summed E-state index contributed by atoms with van der Waals surface area (Å²) in [6, 6.07) is 6.84. The Kier molecular flexibility index (Phi) is 4.79. The highest BCUT2D eigenvalue weighted by atomic mass is 19.1. The number of rotatable bonds is 6. The molecule has 0 unspecified atom stereocenters. The third kappa shape index (κ3) is 3.84. The maximum atomic E-state index is 13.0. The molecule has 1 aromatic heterocycles. The lowest BCUT2D eigenvalue weighted by Crippen LogP contribution is -2.22. The summed E-state index contributed by atoms with van der Waals surface area (Å²) in [6.45, 7) is 7.10. The van der Waals surface area contributed by atoms with E-state index in [2.05, 4.69) is 19.2 Å². The number of hydrogen-bond acceptors (Lipinski definition) is 3. The number of hydrogen-bond donors (Lipinski definition) is 1. The minimum Gasteiger partial charge on any atom is -0.485 e. The van der Waals surface area contributed by atoms with Gasteiger partial charge in [0.05, 0.1) is 6.26 Å². The van der Waals surface area contributed by atoms with Crippen molar-refractivity contribution in [3.63, 3.8) is 0 Å². The third-order valence-electron chi connectivity index (χ3n) is 3.03. The Morgan fingerprint density at radius 2 is 2.10 bits per heavy atom. The van der Waals surface area contributed by atoms with Gasteiger partial charge in [-0.3, -0.25) is 0 Å². The van der Waals surface area contributed by atoms with Crippen LogP contribution in [0, 0.1) is 12.7 Å². The normalized spacial score (nSPS) is 11.1. The van der Waals surface area contributed by atoms with Crippen molar-refractivity contribution in [1.82, 2.24) is 5.32 Å². The fourth-order valence-electron chi connectivity index (χ4n) is 1.88. The van der Waals surface area contributed by atoms with Crippen LogP contribution in [0.1, 0.15) is 30.7 Å². The molecule has 0 amide bonds. The van der Waals surface area contributed by atoms with Crippen LogP contribution in [0.3, 0.4) is 0 Å². The lowest BCUT2D eigenvalue weighted by atomic mass is 10.2. The molecule has 2 rings (SSSR count). The van der Waals surface area contributed by atoms with Gasteiger partial charge in [-0.05, 0) is 36.8 Å². The number of ether oxygens (including phenoxy) is 1. The van der Waals surface area contributed by atoms with Gasteiger partial charge in [-0.2, -0.15) is 0 Å². The summed E-state index contributed by atoms with van der Waals surface area (Å²) in [5.74, 6) is 1.21. The van der Waals surface area contributed by atoms with Gasteiger partial charge in [-0.1, -0.05) is 13.8 Å². The van der Waals surface area contributed by atoms with Gasteiger partial charge in [0.15, 0.2) is 0 Å². The molecule has 0 spiro atoms. The minimum absolute atomic E-state index is 0.255. The minimum atomic E-state index is -0.255. The highest BCUT2D eigenvalue weighted by Crippen LogP contribution is 2.21. The summed E-state index contributed by atoms with van der Waals surface area (Å²) < 4.78 is 24.2. The van der Waals surface area contributed by atoms with Gasteiger partial charge in [0.2, 0.25) is 0 Å². The molecule has 0 aliphatic carbocycles. The van der Waals surface area contributed by atoms with Crippen molar-refractivity contribution < 1.29 is 13.5 Å².